The average molecular weight is 404 g/mol. The fourth-order valence-electron chi connectivity index (χ4n) is 3.87. The quantitative estimate of drug-likeness (QED) is 0.754. The molecule has 1 aromatic heterocycles. The van der Waals surface area contributed by atoms with Crippen LogP contribution >= 0.6 is 0 Å². The lowest BCUT2D eigenvalue weighted by Crippen LogP contribution is -2.55. The van der Waals surface area contributed by atoms with Gasteiger partial charge in [0.2, 0.25) is 5.95 Å². The Morgan fingerprint density at radius 1 is 1.21 bits per heavy atom. The third kappa shape index (κ3) is 3.90. The normalized spacial score (nSPS) is 17.6. The number of aromatic nitrogens is 1. The summed E-state index contributed by atoms with van der Waals surface area (Å²) >= 11 is 0. The van der Waals surface area contributed by atoms with Crippen molar-refractivity contribution in [1.29, 1.82) is 0 Å². The van der Waals surface area contributed by atoms with Crippen molar-refractivity contribution < 1.29 is 22.8 Å². The van der Waals surface area contributed by atoms with Gasteiger partial charge >= 0.3 is 6.03 Å². The van der Waals surface area contributed by atoms with Gasteiger partial charge in [-0.1, -0.05) is 6.07 Å². The van der Waals surface area contributed by atoms with Crippen molar-refractivity contribution >= 4 is 17.5 Å². The second-order valence-corrected chi connectivity index (χ2v) is 7.45. The Bertz CT molecular complexity index is 957. The van der Waals surface area contributed by atoms with E-state index in [1.165, 1.54) is 12.3 Å². The smallest absolute Gasteiger partial charge is 0.317 e. The molecule has 2 aliphatic rings. The molecule has 0 atom stereocenters. The number of Topliss-reactive ketones (excluding diaryl/α,β-unsaturated/α-hetero) is 1. The SMILES string of the molecule is O=C1CC2(CCN(C(=O)NCc3ccc(F)nc3)CC2)Nc2c(F)cc(F)cc21. The summed E-state index contributed by atoms with van der Waals surface area (Å²) in [6, 6.07) is 4.29. The highest BCUT2D eigenvalue weighted by atomic mass is 19.1. The first-order chi connectivity index (χ1) is 13.8. The summed E-state index contributed by atoms with van der Waals surface area (Å²) in [6.07, 6.45) is 2.40. The van der Waals surface area contributed by atoms with Crippen LogP contribution < -0.4 is 10.6 Å². The molecule has 1 aromatic carbocycles. The highest BCUT2D eigenvalue weighted by molar-refractivity contribution is 6.04. The van der Waals surface area contributed by atoms with Gasteiger partial charge in [0.1, 0.15) is 11.6 Å². The summed E-state index contributed by atoms with van der Waals surface area (Å²) in [5, 5.41) is 5.85. The maximum atomic E-state index is 14.2. The Hall–Kier alpha value is -3.10. The molecular weight excluding hydrogens is 385 g/mol. The van der Waals surface area contributed by atoms with Crippen LogP contribution in [0.15, 0.2) is 30.5 Å². The fraction of sp³-hybridized carbons (Fsp3) is 0.350. The van der Waals surface area contributed by atoms with E-state index in [0.29, 0.717) is 31.5 Å². The predicted octanol–water partition coefficient (Wildman–Crippen LogP) is 3.24. The van der Waals surface area contributed by atoms with Crippen molar-refractivity contribution in [2.75, 3.05) is 18.4 Å². The van der Waals surface area contributed by atoms with E-state index in [1.807, 2.05) is 0 Å². The number of hydrogen-bond donors (Lipinski definition) is 2. The standard InChI is InChI=1S/C20H19F3N4O2/c21-13-7-14-16(28)9-20(26-18(14)15(22)8-13)3-5-27(6-4-20)19(29)25-11-12-1-2-17(23)24-10-12/h1-2,7-8,10,26H,3-6,9,11H2,(H,25,29). The Morgan fingerprint density at radius 2 is 1.97 bits per heavy atom. The molecule has 0 unspecified atom stereocenters. The Kier molecular flexibility index (Phi) is 4.89. The van der Waals surface area contributed by atoms with Crippen LogP contribution in [0.3, 0.4) is 0 Å². The number of carbonyl (C=O) groups is 2. The van der Waals surface area contributed by atoms with E-state index in [1.54, 1.807) is 11.0 Å². The van der Waals surface area contributed by atoms with Crippen LogP contribution in [0.4, 0.5) is 23.7 Å². The number of likely N-dealkylation sites (tertiary alicyclic amines) is 1. The Labute approximate surface area is 165 Å². The van der Waals surface area contributed by atoms with Gasteiger partial charge < -0.3 is 15.5 Å². The average Bonchev–Trinajstić information content (AvgIpc) is 2.69. The number of carbonyl (C=O) groups excluding carboxylic acids is 2. The predicted molar refractivity (Wildman–Crippen MR) is 98.9 cm³/mol. The van der Waals surface area contributed by atoms with Gasteiger partial charge in [-0.2, -0.15) is 4.39 Å². The second kappa shape index (κ2) is 7.38. The number of halogens is 3. The number of rotatable bonds is 2. The third-order valence-corrected chi connectivity index (χ3v) is 5.48. The van der Waals surface area contributed by atoms with Crippen LogP contribution in [0.1, 0.15) is 35.2 Å². The number of fused-ring (bicyclic) bond motifs is 1. The molecule has 4 rings (SSSR count). The number of amides is 2. The molecule has 0 radical (unpaired) electrons. The van der Waals surface area contributed by atoms with E-state index in [-0.39, 0.29) is 36.0 Å². The second-order valence-electron chi connectivity index (χ2n) is 7.45. The molecule has 3 heterocycles. The number of urea groups is 1. The van der Waals surface area contributed by atoms with Gasteiger partial charge in [0.25, 0.3) is 0 Å². The van der Waals surface area contributed by atoms with E-state index in [4.69, 9.17) is 0 Å². The van der Waals surface area contributed by atoms with Gasteiger partial charge in [0, 0.05) is 49.4 Å². The summed E-state index contributed by atoms with van der Waals surface area (Å²) in [7, 11) is 0. The highest BCUT2D eigenvalue weighted by Crippen LogP contribution is 2.39. The van der Waals surface area contributed by atoms with E-state index in [2.05, 4.69) is 15.6 Å². The van der Waals surface area contributed by atoms with Crippen LogP contribution in [0.2, 0.25) is 0 Å². The molecular formula is C20H19F3N4O2. The van der Waals surface area contributed by atoms with Crippen molar-refractivity contribution in [1.82, 2.24) is 15.2 Å². The number of nitrogens with zero attached hydrogens (tertiary/aromatic N) is 2. The van der Waals surface area contributed by atoms with Crippen LogP contribution in [-0.4, -0.2) is 40.3 Å². The van der Waals surface area contributed by atoms with Crippen LogP contribution in [-0.2, 0) is 6.54 Å². The third-order valence-electron chi connectivity index (χ3n) is 5.48. The first kappa shape index (κ1) is 19.2. The maximum Gasteiger partial charge on any atom is 0.317 e. The highest BCUT2D eigenvalue weighted by Gasteiger charge is 2.42. The van der Waals surface area contributed by atoms with Crippen molar-refractivity contribution in [3.8, 4) is 0 Å². The lowest BCUT2D eigenvalue weighted by atomic mass is 9.78. The van der Waals surface area contributed by atoms with Crippen molar-refractivity contribution in [3.05, 3.63) is 59.2 Å². The molecule has 2 aliphatic heterocycles. The molecule has 0 saturated carbocycles. The minimum atomic E-state index is -0.791. The summed E-state index contributed by atoms with van der Waals surface area (Å²) < 4.78 is 40.4. The monoisotopic (exact) mass is 404 g/mol. The van der Waals surface area contributed by atoms with Crippen LogP contribution in [0.5, 0.6) is 0 Å². The van der Waals surface area contributed by atoms with E-state index >= 15 is 0 Å². The molecule has 2 amide bonds. The van der Waals surface area contributed by atoms with Crippen molar-refractivity contribution in [2.45, 2.75) is 31.3 Å². The number of nitrogens with one attached hydrogen (secondary N) is 2. The number of benzene rings is 1. The lowest BCUT2D eigenvalue weighted by Gasteiger charge is -2.45. The molecule has 1 fully saturated rings. The number of piperidine rings is 1. The molecule has 29 heavy (non-hydrogen) atoms. The minimum Gasteiger partial charge on any atom is -0.376 e. The first-order valence-corrected chi connectivity index (χ1v) is 9.29. The van der Waals surface area contributed by atoms with Gasteiger partial charge in [0.05, 0.1) is 5.69 Å². The summed E-state index contributed by atoms with van der Waals surface area (Å²) in [4.78, 5) is 30.0. The summed E-state index contributed by atoms with van der Waals surface area (Å²) in [6.45, 7) is 0.979. The fourth-order valence-corrected chi connectivity index (χ4v) is 3.87. The molecule has 0 bridgehead atoms. The van der Waals surface area contributed by atoms with Crippen molar-refractivity contribution in [2.24, 2.45) is 0 Å². The molecule has 152 valence electrons. The molecule has 1 saturated heterocycles. The molecule has 1 spiro atoms. The number of hydrogen-bond acceptors (Lipinski definition) is 4. The Balaban J connectivity index is 1.38. The zero-order chi connectivity index (χ0) is 20.6. The largest absolute Gasteiger partial charge is 0.376 e. The Morgan fingerprint density at radius 3 is 2.66 bits per heavy atom. The number of ketones is 1. The summed E-state index contributed by atoms with van der Waals surface area (Å²) in [5.41, 5.74) is 0.0816. The van der Waals surface area contributed by atoms with Gasteiger partial charge in [-0.15, -0.1) is 0 Å². The zero-order valence-electron chi connectivity index (χ0n) is 15.5. The van der Waals surface area contributed by atoms with Gasteiger partial charge in [0.15, 0.2) is 5.78 Å². The minimum absolute atomic E-state index is 0.0289. The van der Waals surface area contributed by atoms with Crippen LogP contribution in [0.25, 0.3) is 0 Å². The number of pyridine rings is 1. The molecule has 0 aliphatic carbocycles. The topological polar surface area (TPSA) is 74.3 Å². The van der Waals surface area contributed by atoms with Gasteiger partial charge in [-0.05, 0) is 30.5 Å². The van der Waals surface area contributed by atoms with Crippen molar-refractivity contribution in [3.63, 3.8) is 0 Å². The van der Waals surface area contributed by atoms with Gasteiger partial charge in [-0.3, -0.25) is 4.79 Å². The number of anilines is 1. The summed E-state index contributed by atoms with van der Waals surface area (Å²) in [5.74, 6) is -2.47. The lowest BCUT2D eigenvalue weighted by molar-refractivity contribution is 0.0914. The van der Waals surface area contributed by atoms with E-state index in [9.17, 15) is 22.8 Å². The maximum absolute atomic E-state index is 14.2. The van der Waals surface area contributed by atoms with Crippen LogP contribution in [0, 0.1) is 17.6 Å². The van der Waals surface area contributed by atoms with E-state index < -0.39 is 23.1 Å². The molecule has 2 N–H and O–H groups in total. The zero-order valence-corrected chi connectivity index (χ0v) is 15.5. The molecule has 2 aromatic rings. The molecule has 9 heteroatoms. The van der Waals surface area contributed by atoms with Gasteiger partial charge in [-0.25, -0.2) is 18.6 Å². The molecule has 6 nitrogen and oxygen atoms in total. The van der Waals surface area contributed by atoms with E-state index in [0.717, 1.165) is 12.1 Å². The first-order valence-electron chi connectivity index (χ1n) is 9.29.